The first-order chi connectivity index (χ1) is 11.2. The molecule has 0 radical (unpaired) electrons. The van der Waals surface area contributed by atoms with Crippen molar-refractivity contribution in [2.45, 2.75) is 0 Å². The first-order valence-corrected chi connectivity index (χ1v) is 6.99. The second-order valence-electron chi connectivity index (χ2n) is 4.84. The van der Waals surface area contributed by atoms with E-state index in [2.05, 4.69) is 15.5 Å². The average molecular weight is 311 g/mol. The predicted molar refractivity (Wildman–Crippen MR) is 84.5 cm³/mol. The molecule has 1 heterocycles. The van der Waals surface area contributed by atoms with Crippen molar-refractivity contribution in [1.29, 1.82) is 0 Å². The number of hydrogen-bond donors (Lipinski definition) is 2. The molecule has 0 saturated carbocycles. The zero-order valence-electron chi connectivity index (χ0n) is 12.1. The summed E-state index contributed by atoms with van der Waals surface area (Å²) in [6, 6.07) is 14.8. The lowest BCUT2D eigenvalue weighted by atomic mass is 10.1. The molecule has 0 aliphatic carbocycles. The van der Waals surface area contributed by atoms with Gasteiger partial charge in [0.2, 0.25) is 0 Å². The van der Waals surface area contributed by atoms with Gasteiger partial charge in [-0.1, -0.05) is 18.2 Å². The molecule has 0 aliphatic heterocycles. The summed E-state index contributed by atoms with van der Waals surface area (Å²) >= 11 is 0. The second kappa shape index (κ2) is 6.74. The Morgan fingerprint density at radius 1 is 1.17 bits per heavy atom. The summed E-state index contributed by atoms with van der Waals surface area (Å²) in [5.74, 6) is -0.407. The third-order valence-corrected chi connectivity index (χ3v) is 3.15. The molecule has 3 rings (SSSR count). The van der Waals surface area contributed by atoms with Crippen LogP contribution in [0.25, 0.3) is 11.3 Å². The highest BCUT2D eigenvalue weighted by atomic mass is 19.1. The SMILES string of the molecule is O=C(COc1cccc(F)c1)Nc1ccc(-c2ccn[nH]2)cc1. The quantitative estimate of drug-likeness (QED) is 0.760. The molecule has 6 heteroatoms. The lowest BCUT2D eigenvalue weighted by Gasteiger charge is -2.08. The van der Waals surface area contributed by atoms with Gasteiger partial charge in [0, 0.05) is 18.0 Å². The van der Waals surface area contributed by atoms with Gasteiger partial charge in [0.05, 0.1) is 5.69 Å². The Morgan fingerprint density at radius 2 is 2.00 bits per heavy atom. The van der Waals surface area contributed by atoms with E-state index in [9.17, 15) is 9.18 Å². The van der Waals surface area contributed by atoms with Crippen molar-refractivity contribution < 1.29 is 13.9 Å². The maximum absolute atomic E-state index is 13.0. The first-order valence-electron chi connectivity index (χ1n) is 6.99. The van der Waals surface area contributed by atoms with Gasteiger partial charge < -0.3 is 10.1 Å². The summed E-state index contributed by atoms with van der Waals surface area (Å²) in [7, 11) is 0. The number of aromatic amines is 1. The first kappa shape index (κ1) is 14.8. The number of nitrogens with one attached hydrogen (secondary N) is 2. The lowest BCUT2D eigenvalue weighted by Crippen LogP contribution is -2.20. The van der Waals surface area contributed by atoms with E-state index in [0.29, 0.717) is 11.4 Å². The van der Waals surface area contributed by atoms with E-state index in [1.54, 1.807) is 24.4 Å². The van der Waals surface area contributed by atoms with Crippen LogP contribution in [0.1, 0.15) is 0 Å². The second-order valence-corrected chi connectivity index (χ2v) is 4.84. The molecule has 0 spiro atoms. The molecule has 1 amide bonds. The van der Waals surface area contributed by atoms with E-state index < -0.39 is 5.82 Å². The van der Waals surface area contributed by atoms with Gasteiger partial charge in [-0.15, -0.1) is 0 Å². The van der Waals surface area contributed by atoms with Crippen molar-refractivity contribution in [3.63, 3.8) is 0 Å². The van der Waals surface area contributed by atoms with Crippen LogP contribution in [-0.4, -0.2) is 22.7 Å². The predicted octanol–water partition coefficient (Wildman–Crippen LogP) is 3.23. The van der Waals surface area contributed by atoms with Crippen molar-refractivity contribution in [1.82, 2.24) is 10.2 Å². The van der Waals surface area contributed by atoms with Crippen LogP contribution < -0.4 is 10.1 Å². The number of halogens is 1. The van der Waals surface area contributed by atoms with Gasteiger partial charge in [-0.3, -0.25) is 9.89 Å². The number of carbonyl (C=O) groups is 1. The highest BCUT2D eigenvalue weighted by Crippen LogP contribution is 2.19. The van der Waals surface area contributed by atoms with Crippen molar-refractivity contribution in [2.24, 2.45) is 0 Å². The average Bonchev–Trinajstić information content (AvgIpc) is 3.08. The fraction of sp³-hybridized carbons (Fsp3) is 0.0588. The highest BCUT2D eigenvalue weighted by molar-refractivity contribution is 5.92. The van der Waals surface area contributed by atoms with Gasteiger partial charge in [-0.2, -0.15) is 5.10 Å². The number of hydrogen-bond acceptors (Lipinski definition) is 3. The molecule has 0 fully saturated rings. The maximum atomic E-state index is 13.0. The Labute approximate surface area is 132 Å². The van der Waals surface area contributed by atoms with Gasteiger partial charge >= 0.3 is 0 Å². The van der Waals surface area contributed by atoms with Crippen LogP contribution in [0.5, 0.6) is 5.75 Å². The Balaban J connectivity index is 1.55. The monoisotopic (exact) mass is 311 g/mol. The molecule has 0 saturated heterocycles. The fourth-order valence-electron chi connectivity index (χ4n) is 2.05. The molecular weight excluding hydrogens is 297 g/mol. The molecule has 116 valence electrons. The van der Waals surface area contributed by atoms with E-state index in [4.69, 9.17) is 4.74 Å². The van der Waals surface area contributed by atoms with Gasteiger partial charge in [0.15, 0.2) is 6.61 Å². The Hall–Kier alpha value is -3.15. The van der Waals surface area contributed by atoms with Crippen molar-refractivity contribution in [3.8, 4) is 17.0 Å². The molecule has 1 aromatic heterocycles. The third kappa shape index (κ3) is 3.94. The zero-order chi connectivity index (χ0) is 16.1. The molecule has 5 nitrogen and oxygen atoms in total. The summed E-state index contributed by atoms with van der Waals surface area (Å²) in [5.41, 5.74) is 2.52. The van der Waals surface area contributed by atoms with Crippen LogP contribution in [0, 0.1) is 5.82 Å². The highest BCUT2D eigenvalue weighted by Gasteiger charge is 2.05. The number of amides is 1. The summed E-state index contributed by atoms with van der Waals surface area (Å²) in [6.07, 6.45) is 1.68. The summed E-state index contributed by atoms with van der Waals surface area (Å²) in [4.78, 5) is 11.8. The molecule has 0 aliphatic rings. The van der Waals surface area contributed by atoms with Gasteiger partial charge in [0.25, 0.3) is 5.91 Å². The number of carbonyl (C=O) groups excluding carboxylic acids is 1. The molecule has 2 N–H and O–H groups in total. The maximum Gasteiger partial charge on any atom is 0.262 e. The van der Waals surface area contributed by atoms with Crippen LogP contribution in [0.15, 0.2) is 60.8 Å². The van der Waals surface area contributed by atoms with Crippen LogP contribution in [-0.2, 0) is 4.79 Å². The molecule has 23 heavy (non-hydrogen) atoms. The van der Waals surface area contributed by atoms with Crippen LogP contribution in [0.2, 0.25) is 0 Å². The Bertz CT molecular complexity index is 786. The van der Waals surface area contributed by atoms with Crippen molar-refractivity contribution >= 4 is 11.6 Å². The molecule has 0 unspecified atom stereocenters. The van der Waals surface area contributed by atoms with Gasteiger partial charge in [-0.25, -0.2) is 4.39 Å². The smallest absolute Gasteiger partial charge is 0.262 e. The van der Waals surface area contributed by atoms with Crippen molar-refractivity contribution in [3.05, 3.63) is 66.6 Å². The number of aromatic nitrogens is 2. The van der Waals surface area contributed by atoms with Crippen molar-refractivity contribution in [2.75, 3.05) is 11.9 Å². The molecule has 3 aromatic rings. The van der Waals surface area contributed by atoms with Crippen LogP contribution in [0.3, 0.4) is 0 Å². The molecule has 0 atom stereocenters. The minimum Gasteiger partial charge on any atom is -0.484 e. The standard InChI is InChI=1S/C17H14FN3O2/c18-13-2-1-3-15(10-13)23-11-17(22)20-14-6-4-12(5-7-14)16-8-9-19-21-16/h1-10H,11H2,(H,19,21)(H,20,22). The van der Waals surface area contributed by atoms with Crippen LogP contribution in [0.4, 0.5) is 10.1 Å². The number of ether oxygens (including phenoxy) is 1. The number of benzene rings is 2. The fourth-order valence-corrected chi connectivity index (χ4v) is 2.05. The summed E-state index contributed by atoms with van der Waals surface area (Å²) in [5, 5.41) is 9.48. The number of rotatable bonds is 5. The topological polar surface area (TPSA) is 67.0 Å². The number of H-pyrrole nitrogens is 1. The van der Waals surface area contributed by atoms with Crippen LogP contribution >= 0.6 is 0 Å². The summed E-state index contributed by atoms with van der Waals surface area (Å²) in [6.45, 7) is -0.189. The zero-order valence-corrected chi connectivity index (χ0v) is 12.1. The minimum atomic E-state index is -0.405. The lowest BCUT2D eigenvalue weighted by molar-refractivity contribution is -0.118. The molecular formula is C17H14FN3O2. The minimum absolute atomic E-state index is 0.189. The summed E-state index contributed by atoms with van der Waals surface area (Å²) < 4.78 is 18.2. The Kier molecular flexibility index (Phi) is 4.33. The van der Waals surface area contributed by atoms with E-state index >= 15 is 0 Å². The Morgan fingerprint density at radius 3 is 2.70 bits per heavy atom. The number of anilines is 1. The van der Waals surface area contributed by atoms with E-state index in [-0.39, 0.29) is 12.5 Å². The molecule has 0 bridgehead atoms. The van der Waals surface area contributed by atoms with E-state index in [1.807, 2.05) is 18.2 Å². The normalized spacial score (nSPS) is 10.3. The molecule has 2 aromatic carbocycles. The third-order valence-electron chi connectivity index (χ3n) is 3.15. The number of nitrogens with zero attached hydrogens (tertiary/aromatic N) is 1. The van der Waals surface area contributed by atoms with E-state index in [1.165, 1.54) is 18.2 Å². The van der Waals surface area contributed by atoms with E-state index in [0.717, 1.165) is 11.3 Å². The largest absolute Gasteiger partial charge is 0.484 e. The van der Waals surface area contributed by atoms with Gasteiger partial charge in [0.1, 0.15) is 11.6 Å². The van der Waals surface area contributed by atoms with Gasteiger partial charge in [-0.05, 0) is 35.9 Å².